The van der Waals surface area contributed by atoms with Crippen LogP contribution in [0.15, 0.2) is 64.4 Å². The molecule has 178 valence electrons. The van der Waals surface area contributed by atoms with E-state index in [9.17, 15) is 26.4 Å². The number of amides is 1. The lowest BCUT2D eigenvalue weighted by Gasteiger charge is -2.16. The molecular formula is C21H25N3O7S2. The third-order valence-corrected chi connectivity index (χ3v) is 8.36. The van der Waals surface area contributed by atoms with Crippen LogP contribution in [0, 0.1) is 0 Å². The molecule has 1 atom stereocenters. The summed E-state index contributed by atoms with van der Waals surface area (Å²) < 4.78 is 58.4. The van der Waals surface area contributed by atoms with E-state index >= 15 is 0 Å². The van der Waals surface area contributed by atoms with E-state index < -0.39 is 44.6 Å². The standard InChI is InChI=1S/C21H25N3O7S2/c1-16(23-32(27,28)18-9-3-2-4-10-18)21(26)31-15-20(25)22-17-8-7-11-19(14-17)33(29,30)24-12-5-6-13-24/h2-4,7-11,14,16,23H,5-6,12-13,15H2,1H3,(H,22,25). The van der Waals surface area contributed by atoms with Gasteiger partial charge in [-0.15, -0.1) is 0 Å². The zero-order valence-electron chi connectivity index (χ0n) is 17.9. The Morgan fingerprint density at radius 2 is 1.61 bits per heavy atom. The van der Waals surface area contributed by atoms with E-state index in [0.717, 1.165) is 12.8 Å². The second-order valence-electron chi connectivity index (χ2n) is 7.45. The van der Waals surface area contributed by atoms with Gasteiger partial charge in [-0.25, -0.2) is 16.8 Å². The third kappa shape index (κ3) is 6.38. The summed E-state index contributed by atoms with van der Waals surface area (Å²) >= 11 is 0. The van der Waals surface area contributed by atoms with Crippen molar-refractivity contribution in [1.29, 1.82) is 0 Å². The first-order chi connectivity index (χ1) is 15.6. The van der Waals surface area contributed by atoms with Gasteiger partial charge in [-0.05, 0) is 50.1 Å². The van der Waals surface area contributed by atoms with Crippen molar-refractivity contribution in [3.63, 3.8) is 0 Å². The molecule has 0 aromatic heterocycles. The fraction of sp³-hybridized carbons (Fsp3) is 0.333. The van der Waals surface area contributed by atoms with E-state index in [0.29, 0.717) is 13.1 Å². The Bertz CT molecular complexity index is 1210. The van der Waals surface area contributed by atoms with E-state index in [1.165, 1.54) is 47.6 Å². The number of ether oxygens (including phenoxy) is 1. The van der Waals surface area contributed by atoms with Crippen molar-refractivity contribution >= 4 is 37.6 Å². The van der Waals surface area contributed by atoms with Gasteiger partial charge >= 0.3 is 5.97 Å². The number of rotatable bonds is 9. The largest absolute Gasteiger partial charge is 0.454 e. The second-order valence-corrected chi connectivity index (χ2v) is 11.1. The zero-order chi connectivity index (χ0) is 24.1. The van der Waals surface area contributed by atoms with Crippen molar-refractivity contribution in [2.24, 2.45) is 0 Å². The first-order valence-corrected chi connectivity index (χ1v) is 13.2. The number of nitrogens with zero attached hydrogens (tertiary/aromatic N) is 1. The number of benzene rings is 2. The summed E-state index contributed by atoms with van der Waals surface area (Å²) in [5.41, 5.74) is 0.231. The number of carbonyl (C=O) groups excluding carboxylic acids is 2. The highest BCUT2D eigenvalue weighted by Gasteiger charge is 2.27. The van der Waals surface area contributed by atoms with Crippen molar-refractivity contribution in [2.45, 2.75) is 35.6 Å². The fourth-order valence-corrected chi connectivity index (χ4v) is 6.00. The quantitative estimate of drug-likeness (QED) is 0.500. The molecular weight excluding hydrogens is 470 g/mol. The molecule has 0 saturated carbocycles. The molecule has 3 rings (SSSR count). The maximum absolute atomic E-state index is 12.7. The van der Waals surface area contributed by atoms with Gasteiger partial charge in [0, 0.05) is 18.8 Å². The molecule has 10 nitrogen and oxygen atoms in total. The Hall–Kier alpha value is -2.80. The lowest BCUT2D eigenvalue weighted by Crippen LogP contribution is -2.40. The molecule has 1 aliphatic heterocycles. The number of carbonyl (C=O) groups is 2. The zero-order valence-corrected chi connectivity index (χ0v) is 19.6. The SMILES string of the molecule is CC(NS(=O)(=O)c1ccccc1)C(=O)OCC(=O)Nc1cccc(S(=O)(=O)N2CCCC2)c1. The molecule has 2 aromatic carbocycles. The summed E-state index contributed by atoms with van der Waals surface area (Å²) in [6.45, 7) is 1.55. The molecule has 0 aliphatic carbocycles. The number of nitrogens with one attached hydrogen (secondary N) is 2. The number of anilines is 1. The van der Waals surface area contributed by atoms with Crippen molar-refractivity contribution in [3.8, 4) is 0 Å². The summed E-state index contributed by atoms with van der Waals surface area (Å²) in [6.07, 6.45) is 1.61. The minimum atomic E-state index is -3.93. The number of hydrogen-bond donors (Lipinski definition) is 2. The lowest BCUT2D eigenvalue weighted by molar-refractivity contribution is -0.148. The third-order valence-electron chi connectivity index (χ3n) is 4.91. The highest BCUT2D eigenvalue weighted by Crippen LogP contribution is 2.23. The molecule has 1 heterocycles. The molecule has 1 amide bonds. The minimum Gasteiger partial charge on any atom is -0.454 e. The summed E-state index contributed by atoms with van der Waals surface area (Å²) in [6, 6.07) is 12.1. The van der Waals surface area contributed by atoms with Gasteiger partial charge in [-0.3, -0.25) is 9.59 Å². The molecule has 12 heteroatoms. The number of hydrogen-bond acceptors (Lipinski definition) is 7. The van der Waals surface area contributed by atoms with E-state index in [1.807, 2.05) is 0 Å². The van der Waals surface area contributed by atoms with Gasteiger partial charge in [0.15, 0.2) is 6.61 Å². The molecule has 0 bridgehead atoms. The van der Waals surface area contributed by atoms with Crippen LogP contribution in [0.4, 0.5) is 5.69 Å². The normalized spacial score (nSPS) is 15.7. The topological polar surface area (TPSA) is 139 Å². The Labute approximate surface area is 193 Å². The number of sulfonamides is 2. The van der Waals surface area contributed by atoms with Crippen molar-refractivity contribution in [3.05, 3.63) is 54.6 Å². The summed E-state index contributed by atoms with van der Waals surface area (Å²) in [7, 11) is -7.57. The molecule has 1 aliphatic rings. The van der Waals surface area contributed by atoms with Crippen LogP contribution in [0.3, 0.4) is 0 Å². The first-order valence-electron chi connectivity index (χ1n) is 10.2. The van der Waals surface area contributed by atoms with E-state index in [2.05, 4.69) is 10.0 Å². The Morgan fingerprint density at radius 3 is 2.27 bits per heavy atom. The van der Waals surface area contributed by atoms with Gasteiger partial charge in [0.2, 0.25) is 20.0 Å². The molecule has 2 N–H and O–H groups in total. The van der Waals surface area contributed by atoms with Crippen LogP contribution in [-0.2, 0) is 34.4 Å². The van der Waals surface area contributed by atoms with Gasteiger partial charge in [0.1, 0.15) is 6.04 Å². The maximum Gasteiger partial charge on any atom is 0.324 e. The van der Waals surface area contributed by atoms with Gasteiger partial charge in [0.25, 0.3) is 5.91 Å². The van der Waals surface area contributed by atoms with Crippen LogP contribution < -0.4 is 10.0 Å². The van der Waals surface area contributed by atoms with E-state index in [4.69, 9.17) is 4.74 Å². The molecule has 1 unspecified atom stereocenters. The monoisotopic (exact) mass is 495 g/mol. The van der Waals surface area contributed by atoms with Crippen LogP contribution >= 0.6 is 0 Å². The maximum atomic E-state index is 12.7. The van der Waals surface area contributed by atoms with Crippen LogP contribution in [0.1, 0.15) is 19.8 Å². The Morgan fingerprint density at radius 1 is 0.970 bits per heavy atom. The summed E-state index contributed by atoms with van der Waals surface area (Å²) in [5, 5.41) is 2.48. The van der Waals surface area contributed by atoms with Crippen molar-refractivity contribution in [2.75, 3.05) is 25.0 Å². The van der Waals surface area contributed by atoms with Gasteiger partial charge in [-0.1, -0.05) is 24.3 Å². The first kappa shape index (κ1) is 24.8. The highest BCUT2D eigenvalue weighted by molar-refractivity contribution is 7.89. The predicted octanol–water partition coefficient (Wildman–Crippen LogP) is 1.32. The summed E-state index contributed by atoms with van der Waals surface area (Å²) in [5.74, 6) is -1.63. The predicted molar refractivity (Wildman–Crippen MR) is 120 cm³/mol. The Kier molecular flexibility index (Phi) is 7.84. The molecule has 2 aromatic rings. The van der Waals surface area contributed by atoms with Crippen molar-refractivity contribution < 1.29 is 31.2 Å². The second kappa shape index (κ2) is 10.4. The lowest BCUT2D eigenvalue weighted by atomic mass is 10.3. The molecule has 0 radical (unpaired) electrons. The summed E-state index contributed by atoms with van der Waals surface area (Å²) in [4.78, 5) is 24.4. The van der Waals surface area contributed by atoms with Crippen LogP contribution in [-0.4, -0.2) is 58.8 Å². The smallest absolute Gasteiger partial charge is 0.324 e. The van der Waals surface area contributed by atoms with Crippen LogP contribution in [0.5, 0.6) is 0 Å². The Balaban J connectivity index is 1.54. The minimum absolute atomic E-state index is 0.00819. The van der Waals surface area contributed by atoms with Crippen LogP contribution in [0.2, 0.25) is 0 Å². The van der Waals surface area contributed by atoms with Crippen molar-refractivity contribution in [1.82, 2.24) is 9.03 Å². The number of esters is 1. The van der Waals surface area contributed by atoms with Gasteiger partial charge in [0.05, 0.1) is 9.79 Å². The highest BCUT2D eigenvalue weighted by atomic mass is 32.2. The molecule has 1 fully saturated rings. The average molecular weight is 496 g/mol. The fourth-order valence-electron chi connectivity index (χ4n) is 3.22. The van der Waals surface area contributed by atoms with E-state index in [-0.39, 0.29) is 15.5 Å². The van der Waals surface area contributed by atoms with E-state index in [1.54, 1.807) is 18.2 Å². The van der Waals surface area contributed by atoms with Gasteiger partial charge in [-0.2, -0.15) is 9.03 Å². The molecule has 1 saturated heterocycles. The molecule has 0 spiro atoms. The molecule has 33 heavy (non-hydrogen) atoms. The van der Waals surface area contributed by atoms with Gasteiger partial charge < -0.3 is 10.1 Å². The van der Waals surface area contributed by atoms with Crippen LogP contribution in [0.25, 0.3) is 0 Å². The average Bonchev–Trinajstić information content (AvgIpc) is 3.34.